The molecule has 6 heteroatoms. The summed E-state index contributed by atoms with van der Waals surface area (Å²) in [6.45, 7) is 0.232. The van der Waals surface area contributed by atoms with Crippen molar-refractivity contribution in [3.63, 3.8) is 0 Å². The number of rotatable bonds is 1. The number of anilines is 1. The third-order valence-corrected chi connectivity index (χ3v) is 3.37. The quantitative estimate of drug-likeness (QED) is 0.735. The van der Waals surface area contributed by atoms with Crippen LogP contribution in [0.25, 0.3) is 22.2 Å². The second-order valence-corrected chi connectivity index (χ2v) is 4.60. The Morgan fingerprint density at radius 2 is 2.00 bits per heavy atom. The first kappa shape index (κ1) is 11.6. The van der Waals surface area contributed by atoms with Gasteiger partial charge >= 0.3 is 0 Å². The van der Waals surface area contributed by atoms with Crippen molar-refractivity contribution in [2.75, 3.05) is 12.5 Å². The maximum atomic E-state index is 8.93. The van der Waals surface area contributed by atoms with Crippen LogP contribution < -0.4 is 15.2 Å². The number of aromatic nitrogens is 1. The lowest BCUT2D eigenvalue weighted by Crippen LogP contribution is -1.92. The molecule has 0 atom stereocenters. The lowest BCUT2D eigenvalue weighted by Gasteiger charge is -2.03. The number of hydrogen-bond acceptors (Lipinski definition) is 6. The molecular weight excluding hydrogens is 270 g/mol. The summed E-state index contributed by atoms with van der Waals surface area (Å²) in [7, 11) is 0. The van der Waals surface area contributed by atoms with E-state index in [1.165, 1.54) is 0 Å². The van der Waals surface area contributed by atoms with Gasteiger partial charge in [-0.05, 0) is 23.8 Å². The van der Waals surface area contributed by atoms with E-state index in [1.807, 2.05) is 24.3 Å². The van der Waals surface area contributed by atoms with Crippen molar-refractivity contribution >= 4 is 16.8 Å². The zero-order valence-corrected chi connectivity index (χ0v) is 10.8. The predicted octanol–water partition coefficient (Wildman–Crippen LogP) is 2.68. The number of fused-ring (bicyclic) bond motifs is 2. The molecule has 21 heavy (non-hydrogen) atoms. The molecule has 0 unspecified atom stereocenters. The first-order valence-electron chi connectivity index (χ1n) is 6.24. The summed E-state index contributed by atoms with van der Waals surface area (Å²) in [5, 5.41) is 8.93. The standard InChI is InChI=1S/C15H9N3O3/c16-5-13-14(17)15-12(21-13)4-9(6-18-15)8-1-2-10-11(3-8)20-7-19-10/h1-4,6H,7,17H2. The van der Waals surface area contributed by atoms with Crippen LogP contribution in [-0.4, -0.2) is 11.8 Å². The Bertz CT molecular complexity index is 908. The van der Waals surface area contributed by atoms with Crippen LogP contribution in [0.3, 0.4) is 0 Å². The second-order valence-electron chi connectivity index (χ2n) is 4.60. The van der Waals surface area contributed by atoms with Gasteiger partial charge in [-0.3, -0.25) is 0 Å². The molecule has 0 saturated carbocycles. The number of hydrogen-bond donors (Lipinski definition) is 1. The van der Waals surface area contributed by atoms with Crippen LogP contribution >= 0.6 is 0 Å². The minimum Gasteiger partial charge on any atom is -0.454 e. The van der Waals surface area contributed by atoms with Crippen molar-refractivity contribution in [3.05, 3.63) is 36.2 Å². The molecule has 0 fully saturated rings. The van der Waals surface area contributed by atoms with E-state index in [-0.39, 0.29) is 18.2 Å². The minimum absolute atomic E-state index is 0.0836. The number of ether oxygens (including phenoxy) is 2. The van der Waals surface area contributed by atoms with Gasteiger partial charge in [-0.2, -0.15) is 5.26 Å². The number of pyridine rings is 1. The lowest BCUT2D eigenvalue weighted by atomic mass is 10.1. The van der Waals surface area contributed by atoms with Gasteiger partial charge in [-0.25, -0.2) is 4.98 Å². The normalized spacial score (nSPS) is 12.5. The van der Waals surface area contributed by atoms with Gasteiger partial charge in [0.25, 0.3) is 0 Å². The van der Waals surface area contributed by atoms with Gasteiger partial charge < -0.3 is 19.6 Å². The Morgan fingerprint density at radius 3 is 2.86 bits per heavy atom. The fourth-order valence-corrected chi connectivity index (χ4v) is 2.31. The van der Waals surface area contributed by atoms with Crippen LogP contribution in [0.15, 0.2) is 34.9 Å². The molecule has 2 N–H and O–H groups in total. The molecule has 0 radical (unpaired) electrons. The van der Waals surface area contributed by atoms with E-state index in [9.17, 15) is 0 Å². The van der Waals surface area contributed by atoms with Gasteiger partial charge in [0.15, 0.2) is 17.1 Å². The number of nitrogen functional groups attached to an aromatic ring is 1. The fourth-order valence-electron chi connectivity index (χ4n) is 2.31. The summed E-state index contributed by atoms with van der Waals surface area (Å²) >= 11 is 0. The largest absolute Gasteiger partial charge is 0.454 e. The highest BCUT2D eigenvalue weighted by atomic mass is 16.7. The number of benzene rings is 1. The third-order valence-electron chi connectivity index (χ3n) is 3.37. The molecule has 1 aromatic carbocycles. The van der Waals surface area contributed by atoms with Crippen LogP contribution in [0.2, 0.25) is 0 Å². The molecule has 3 heterocycles. The van der Waals surface area contributed by atoms with E-state index in [2.05, 4.69) is 4.98 Å². The molecule has 0 spiro atoms. The Hall–Kier alpha value is -3.20. The van der Waals surface area contributed by atoms with E-state index in [0.717, 1.165) is 16.9 Å². The van der Waals surface area contributed by atoms with Crippen molar-refractivity contribution < 1.29 is 13.9 Å². The van der Waals surface area contributed by atoms with Gasteiger partial charge in [0.2, 0.25) is 12.6 Å². The molecule has 3 aromatic rings. The summed E-state index contributed by atoms with van der Waals surface area (Å²) in [6.07, 6.45) is 1.69. The van der Waals surface area contributed by atoms with Crippen LogP contribution in [0.5, 0.6) is 11.5 Å². The van der Waals surface area contributed by atoms with Gasteiger partial charge in [0.05, 0.1) is 0 Å². The minimum atomic E-state index is 0.0836. The van der Waals surface area contributed by atoms with Crippen LogP contribution in [0, 0.1) is 11.3 Å². The number of nitriles is 1. The predicted molar refractivity (Wildman–Crippen MR) is 74.7 cm³/mol. The molecule has 0 aliphatic carbocycles. The molecule has 1 aliphatic rings. The Balaban J connectivity index is 1.86. The smallest absolute Gasteiger partial charge is 0.231 e. The van der Waals surface area contributed by atoms with Gasteiger partial charge in [-0.1, -0.05) is 6.07 Å². The zero-order chi connectivity index (χ0) is 14.4. The highest BCUT2D eigenvalue weighted by Crippen LogP contribution is 2.37. The van der Waals surface area contributed by atoms with Gasteiger partial charge in [0, 0.05) is 11.8 Å². The monoisotopic (exact) mass is 279 g/mol. The van der Waals surface area contributed by atoms with Crippen LogP contribution in [0.1, 0.15) is 5.76 Å². The van der Waals surface area contributed by atoms with Crippen molar-refractivity contribution in [3.8, 4) is 28.7 Å². The first-order valence-corrected chi connectivity index (χ1v) is 6.24. The number of furan rings is 1. The second kappa shape index (κ2) is 4.15. The summed E-state index contributed by atoms with van der Waals surface area (Å²) in [6, 6.07) is 9.35. The molecule has 2 aromatic heterocycles. The van der Waals surface area contributed by atoms with E-state index >= 15 is 0 Å². The topological polar surface area (TPSA) is 94.3 Å². The van der Waals surface area contributed by atoms with Crippen molar-refractivity contribution in [1.82, 2.24) is 4.98 Å². The molecule has 0 saturated heterocycles. The molecular formula is C15H9N3O3. The molecule has 1 aliphatic heterocycles. The number of nitrogens with zero attached hydrogens (tertiary/aromatic N) is 2. The average Bonchev–Trinajstić information content (AvgIpc) is 3.10. The third kappa shape index (κ3) is 1.68. The maximum absolute atomic E-state index is 8.93. The average molecular weight is 279 g/mol. The molecule has 0 bridgehead atoms. The van der Waals surface area contributed by atoms with Gasteiger partial charge in [0.1, 0.15) is 17.3 Å². The summed E-state index contributed by atoms with van der Waals surface area (Å²) in [5.41, 5.74) is 8.81. The summed E-state index contributed by atoms with van der Waals surface area (Å²) in [4.78, 5) is 4.28. The first-order chi connectivity index (χ1) is 10.3. The maximum Gasteiger partial charge on any atom is 0.231 e. The Kier molecular flexibility index (Phi) is 2.29. The SMILES string of the molecule is N#Cc1oc2cc(-c3ccc4c(c3)OCO4)cnc2c1N. The summed E-state index contributed by atoms with van der Waals surface area (Å²) < 4.78 is 16.0. The Morgan fingerprint density at radius 1 is 1.14 bits per heavy atom. The van der Waals surface area contributed by atoms with Crippen molar-refractivity contribution in [2.45, 2.75) is 0 Å². The Labute approximate surface area is 119 Å². The highest BCUT2D eigenvalue weighted by Gasteiger charge is 2.16. The highest BCUT2D eigenvalue weighted by molar-refractivity contribution is 5.91. The van der Waals surface area contributed by atoms with Crippen LogP contribution in [0.4, 0.5) is 5.69 Å². The van der Waals surface area contributed by atoms with E-state index in [0.29, 0.717) is 16.8 Å². The lowest BCUT2D eigenvalue weighted by molar-refractivity contribution is 0.174. The van der Waals surface area contributed by atoms with E-state index < -0.39 is 0 Å². The molecule has 4 rings (SSSR count). The molecule has 6 nitrogen and oxygen atoms in total. The summed E-state index contributed by atoms with van der Waals surface area (Å²) in [5.74, 6) is 1.51. The van der Waals surface area contributed by atoms with E-state index in [1.54, 1.807) is 12.3 Å². The fraction of sp³-hybridized carbons (Fsp3) is 0.0667. The van der Waals surface area contributed by atoms with E-state index in [4.69, 9.17) is 24.9 Å². The zero-order valence-electron chi connectivity index (χ0n) is 10.8. The molecule has 102 valence electrons. The van der Waals surface area contributed by atoms with Gasteiger partial charge in [-0.15, -0.1) is 0 Å². The van der Waals surface area contributed by atoms with Crippen molar-refractivity contribution in [2.24, 2.45) is 0 Å². The number of nitrogens with two attached hydrogens (primary N) is 1. The molecule has 0 amide bonds. The van der Waals surface area contributed by atoms with Crippen LogP contribution in [-0.2, 0) is 0 Å². The van der Waals surface area contributed by atoms with Crippen molar-refractivity contribution in [1.29, 1.82) is 5.26 Å².